The Morgan fingerprint density at radius 1 is 1.05 bits per heavy atom. The highest BCUT2D eigenvalue weighted by Crippen LogP contribution is 2.20. The second-order valence-electron chi connectivity index (χ2n) is 5.22. The van der Waals surface area contributed by atoms with Crippen LogP contribution in [-0.2, 0) is 0 Å². The molecule has 108 valence electrons. The number of hydrogen-bond acceptors (Lipinski definition) is 4. The highest BCUT2D eigenvalue weighted by atomic mass is 16.5. The van der Waals surface area contributed by atoms with Crippen LogP contribution in [0.4, 0.5) is 0 Å². The second kappa shape index (κ2) is 6.52. The van der Waals surface area contributed by atoms with Crippen molar-refractivity contribution in [3.05, 3.63) is 42.0 Å². The summed E-state index contributed by atoms with van der Waals surface area (Å²) in [5.41, 5.74) is 1.22. The average Bonchev–Trinajstić information content (AvgIpc) is 2.92. The molecule has 2 unspecified atom stereocenters. The molecule has 20 heavy (non-hydrogen) atoms. The molecule has 0 bridgehead atoms. The van der Waals surface area contributed by atoms with Crippen molar-refractivity contribution in [3.63, 3.8) is 0 Å². The molecular formula is C15H22N4O. The van der Waals surface area contributed by atoms with Gasteiger partial charge in [0, 0.05) is 6.04 Å². The summed E-state index contributed by atoms with van der Waals surface area (Å²) in [6.45, 7) is 8.24. The smallest absolute Gasteiger partial charge is 0.141 e. The van der Waals surface area contributed by atoms with Crippen LogP contribution in [0.2, 0.25) is 0 Å². The number of benzene rings is 1. The minimum atomic E-state index is 0.124. The minimum Gasteiger partial charge on any atom is -0.491 e. The maximum Gasteiger partial charge on any atom is 0.141 e. The average molecular weight is 274 g/mol. The first-order valence-corrected chi connectivity index (χ1v) is 6.94. The van der Waals surface area contributed by atoms with Gasteiger partial charge in [-0.1, -0.05) is 12.1 Å². The first kappa shape index (κ1) is 14.5. The van der Waals surface area contributed by atoms with Gasteiger partial charge >= 0.3 is 0 Å². The van der Waals surface area contributed by atoms with Gasteiger partial charge in [0.25, 0.3) is 0 Å². The van der Waals surface area contributed by atoms with Crippen LogP contribution in [0.1, 0.15) is 51.2 Å². The molecule has 0 aliphatic heterocycles. The molecule has 0 fully saturated rings. The van der Waals surface area contributed by atoms with E-state index in [-0.39, 0.29) is 18.2 Å². The van der Waals surface area contributed by atoms with E-state index >= 15 is 0 Å². The Morgan fingerprint density at radius 2 is 1.75 bits per heavy atom. The van der Waals surface area contributed by atoms with E-state index < -0.39 is 0 Å². The standard InChI is InChI=1S/C15H22N4O/c1-10(2)20-14-7-5-13(6-8-14)11(3)18-12(4)15-16-9-17-19-15/h5-12,18H,1-4H3,(H,16,17,19). The zero-order valence-corrected chi connectivity index (χ0v) is 12.4. The van der Waals surface area contributed by atoms with Crippen LogP contribution in [0.5, 0.6) is 5.75 Å². The highest BCUT2D eigenvalue weighted by Gasteiger charge is 2.13. The molecule has 2 aromatic rings. The van der Waals surface area contributed by atoms with Gasteiger partial charge in [0.05, 0.1) is 12.1 Å². The predicted octanol–water partition coefficient (Wildman–Crippen LogP) is 3.00. The van der Waals surface area contributed by atoms with Crippen molar-refractivity contribution in [3.8, 4) is 5.75 Å². The largest absolute Gasteiger partial charge is 0.491 e. The maximum atomic E-state index is 5.65. The van der Waals surface area contributed by atoms with Crippen molar-refractivity contribution in [2.45, 2.75) is 45.9 Å². The molecule has 0 aliphatic carbocycles. The summed E-state index contributed by atoms with van der Waals surface area (Å²) >= 11 is 0. The van der Waals surface area contributed by atoms with Crippen molar-refractivity contribution >= 4 is 0 Å². The molecule has 0 radical (unpaired) electrons. The van der Waals surface area contributed by atoms with E-state index in [2.05, 4.69) is 46.5 Å². The quantitative estimate of drug-likeness (QED) is 0.850. The Labute approximate surface area is 119 Å². The number of rotatable bonds is 6. The van der Waals surface area contributed by atoms with E-state index in [1.54, 1.807) is 0 Å². The van der Waals surface area contributed by atoms with Gasteiger partial charge in [-0.05, 0) is 45.4 Å². The monoisotopic (exact) mass is 274 g/mol. The molecule has 0 spiro atoms. The molecule has 0 saturated carbocycles. The lowest BCUT2D eigenvalue weighted by Gasteiger charge is -2.19. The van der Waals surface area contributed by atoms with Gasteiger partial charge in [-0.15, -0.1) is 0 Å². The summed E-state index contributed by atoms with van der Waals surface area (Å²) in [5, 5.41) is 10.2. The molecule has 0 amide bonds. The van der Waals surface area contributed by atoms with Gasteiger partial charge in [-0.3, -0.25) is 5.10 Å². The molecule has 5 nitrogen and oxygen atoms in total. The van der Waals surface area contributed by atoms with Gasteiger partial charge in [0.15, 0.2) is 0 Å². The van der Waals surface area contributed by atoms with Gasteiger partial charge < -0.3 is 10.1 Å². The van der Waals surface area contributed by atoms with E-state index in [4.69, 9.17) is 4.74 Å². The summed E-state index contributed by atoms with van der Waals surface area (Å²) in [5.74, 6) is 1.75. The molecular weight excluding hydrogens is 252 g/mol. The fourth-order valence-corrected chi connectivity index (χ4v) is 2.08. The topological polar surface area (TPSA) is 62.8 Å². The number of nitrogens with one attached hydrogen (secondary N) is 2. The lowest BCUT2D eigenvalue weighted by atomic mass is 10.1. The fourth-order valence-electron chi connectivity index (χ4n) is 2.08. The minimum absolute atomic E-state index is 0.124. The Bertz CT molecular complexity index is 507. The van der Waals surface area contributed by atoms with Gasteiger partial charge in [-0.2, -0.15) is 5.10 Å². The molecule has 5 heteroatoms. The first-order chi connectivity index (χ1) is 9.56. The molecule has 1 heterocycles. The third-order valence-electron chi connectivity index (χ3n) is 3.10. The second-order valence-corrected chi connectivity index (χ2v) is 5.22. The summed E-state index contributed by atoms with van der Waals surface area (Å²) in [7, 11) is 0. The molecule has 2 atom stereocenters. The van der Waals surface area contributed by atoms with Crippen molar-refractivity contribution in [1.82, 2.24) is 20.5 Å². The molecule has 2 rings (SSSR count). The molecule has 2 N–H and O–H groups in total. The first-order valence-electron chi connectivity index (χ1n) is 6.94. The molecule has 1 aromatic heterocycles. The van der Waals surface area contributed by atoms with E-state index in [9.17, 15) is 0 Å². The van der Waals surface area contributed by atoms with Crippen molar-refractivity contribution < 1.29 is 4.74 Å². The van der Waals surface area contributed by atoms with Crippen molar-refractivity contribution in [2.75, 3.05) is 0 Å². The number of aromatic nitrogens is 3. The third-order valence-corrected chi connectivity index (χ3v) is 3.10. The fraction of sp³-hybridized carbons (Fsp3) is 0.467. The van der Waals surface area contributed by atoms with E-state index in [0.29, 0.717) is 0 Å². The van der Waals surface area contributed by atoms with Crippen LogP contribution in [-0.4, -0.2) is 21.3 Å². The van der Waals surface area contributed by atoms with Crippen LogP contribution >= 0.6 is 0 Å². The van der Waals surface area contributed by atoms with Crippen LogP contribution in [0, 0.1) is 0 Å². The van der Waals surface area contributed by atoms with Crippen LogP contribution in [0.15, 0.2) is 30.6 Å². The molecule has 1 aromatic carbocycles. The lowest BCUT2D eigenvalue weighted by molar-refractivity contribution is 0.242. The number of ether oxygens (including phenoxy) is 1. The van der Waals surface area contributed by atoms with Crippen LogP contribution < -0.4 is 10.1 Å². The lowest BCUT2D eigenvalue weighted by Crippen LogP contribution is -2.23. The van der Waals surface area contributed by atoms with E-state index in [0.717, 1.165) is 11.6 Å². The molecule has 0 saturated heterocycles. The summed E-state index contributed by atoms with van der Waals surface area (Å²) in [4.78, 5) is 4.16. The Morgan fingerprint density at radius 3 is 2.30 bits per heavy atom. The third kappa shape index (κ3) is 3.81. The SMILES string of the molecule is CC(C)Oc1ccc(C(C)NC(C)c2ncn[nH]2)cc1. The van der Waals surface area contributed by atoms with Crippen molar-refractivity contribution in [2.24, 2.45) is 0 Å². The number of hydrogen-bond donors (Lipinski definition) is 2. The van der Waals surface area contributed by atoms with Crippen LogP contribution in [0.3, 0.4) is 0 Å². The Balaban J connectivity index is 1.97. The summed E-state index contributed by atoms with van der Waals surface area (Å²) < 4.78 is 5.65. The molecule has 0 aliphatic rings. The number of aromatic amines is 1. The van der Waals surface area contributed by atoms with Gasteiger partial charge in [-0.25, -0.2) is 4.98 Å². The normalized spacial score (nSPS) is 14.2. The van der Waals surface area contributed by atoms with Gasteiger partial charge in [0.1, 0.15) is 17.9 Å². The predicted molar refractivity (Wildman–Crippen MR) is 78.6 cm³/mol. The summed E-state index contributed by atoms with van der Waals surface area (Å²) in [6, 6.07) is 8.53. The highest BCUT2D eigenvalue weighted by molar-refractivity contribution is 5.29. The Kier molecular flexibility index (Phi) is 4.74. The van der Waals surface area contributed by atoms with E-state index in [1.807, 2.05) is 26.0 Å². The van der Waals surface area contributed by atoms with Crippen LogP contribution in [0.25, 0.3) is 0 Å². The number of nitrogens with zero attached hydrogens (tertiary/aromatic N) is 2. The number of H-pyrrole nitrogens is 1. The van der Waals surface area contributed by atoms with Gasteiger partial charge in [0.2, 0.25) is 0 Å². The Hall–Kier alpha value is -1.88. The van der Waals surface area contributed by atoms with Crippen molar-refractivity contribution in [1.29, 1.82) is 0 Å². The maximum absolute atomic E-state index is 5.65. The zero-order valence-electron chi connectivity index (χ0n) is 12.4. The summed E-state index contributed by atoms with van der Waals surface area (Å²) in [6.07, 6.45) is 1.72. The zero-order chi connectivity index (χ0) is 14.5. The van der Waals surface area contributed by atoms with E-state index in [1.165, 1.54) is 11.9 Å².